The van der Waals surface area contributed by atoms with E-state index in [-0.39, 0.29) is 36.2 Å². The summed E-state index contributed by atoms with van der Waals surface area (Å²) in [7, 11) is 0. The number of aliphatic hydroxyl groups is 3. The molecule has 14 nitrogen and oxygen atoms in total. The number of nitrogen functional groups attached to an aromatic ring is 1. The largest absolute Gasteiger partial charge is 0.368 e. The topological polar surface area (TPSA) is 193 Å². The quantitative estimate of drug-likeness (QED) is 0.220. The van der Waals surface area contributed by atoms with E-state index >= 15 is 0 Å². The summed E-state index contributed by atoms with van der Waals surface area (Å²) in [5.74, 6) is -3.22. The highest BCUT2D eigenvalue weighted by Gasteiger charge is 2.35. The lowest BCUT2D eigenvalue weighted by Crippen LogP contribution is -2.44. The van der Waals surface area contributed by atoms with Gasteiger partial charge in [0.2, 0.25) is 11.9 Å². The molecule has 1 saturated heterocycles. The molecule has 204 valence electrons. The summed E-state index contributed by atoms with van der Waals surface area (Å²) in [5, 5.41) is 41.6. The van der Waals surface area contributed by atoms with Crippen molar-refractivity contribution in [2.45, 2.75) is 38.3 Å². The summed E-state index contributed by atoms with van der Waals surface area (Å²) in [4.78, 5) is 20.2. The summed E-state index contributed by atoms with van der Waals surface area (Å²) in [5.41, 5.74) is 7.71. The van der Waals surface area contributed by atoms with Crippen molar-refractivity contribution >= 4 is 34.4 Å². The molecule has 6 N–H and O–H groups in total. The van der Waals surface area contributed by atoms with E-state index in [1.807, 2.05) is 5.32 Å². The number of fused-ring (bicyclic) bond motifs is 2. The van der Waals surface area contributed by atoms with Crippen LogP contribution in [-0.4, -0.2) is 92.5 Å². The number of amides is 1. The minimum absolute atomic E-state index is 0.0119. The van der Waals surface area contributed by atoms with Gasteiger partial charge in [-0.25, -0.2) is 27.4 Å². The summed E-state index contributed by atoms with van der Waals surface area (Å²) in [6, 6.07) is 4.98. The summed E-state index contributed by atoms with van der Waals surface area (Å²) in [6.45, 7) is 0.791. The zero-order valence-electron chi connectivity index (χ0n) is 20.1. The van der Waals surface area contributed by atoms with Crippen LogP contribution in [0.1, 0.15) is 19.8 Å². The molecular weight excluding hydrogens is 513 g/mol. The number of piperidine rings is 1. The number of nitrogens with zero attached hydrogens (tertiary/aromatic N) is 8. The first-order chi connectivity index (χ1) is 17.9. The van der Waals surface area contributed by atoms with Crippen LogP contribution >= 0.6 is 0 Å². The molecule has 1 fully saturated rings. The number of carbonyl (C=O) groups is 1. The van der Waals surface area contributed by atoms with Gasteiger partial charge < -0.3 is 26.0 Å². The molecule has 1 amide bonds. The average molecular weight is 538 g/mol. The molecule has 1 aliphatic heterocycles. The van der Waals surface area contributed by atoms with Crippen molar-refractivity contribution in [3.63, 3.8) is 0 Å². The molecule has 4 aromatic rings. The number of alkyl halides is 3. The van der Waals surface area contributed by atoms with Gasteiger partial charge in [-0.3, -0.25) is 10.1 Å². The average Bonchev–Trinajstić information content (AvgIpc) is 3.42. The Morgan fingerprint density at radius 1 is 1.24 bits per heavy atom. The molecule has 17 heteroatoms. The Bertz CT molecular complexity index is 1450. The summed E-state index contributed by atoms with van der Waals surface area (Å²) in [6.07, 6.45) is -1.34. The van der Waals surface area contributed by atoms with Crippen LogP contribution in [0, 0.1) is 0 Å². The summed E-state index contributed by atoms with van der Waals surface area (Å²) < 4.78 is 40.6. The van der Waals surface area contributed by atoms with Crippen molar-refractivity contribution in [3.05, 3.63) is 24.4 Å². The van der Waals surface area contributed by atoms with E-state index in [1.165, 1.54) is 21.0 Å². The number of hydrogen-bond donors (Lipinski definition) is 5. The number of halogens is 3. The maximum Gasteiger partial charge on any atom is 0.368 e. The third-order valence-electron chi connectivity index (χ3n) is 5.58. The third kappa shape index (κ3) is 6.06. The van der Waals surface area contributed by atoms with Crippen LogP contribution in [0.5, 0.6) is 0 Å². The van der Waals surface area contributed by atoms with Crippen LogP contribution in [0.25, 0.3) is 27.9 Å². The Kier molecular flexibility index (Phi) is 7.34. The highest BCUT2D eigenvalue weighted by atomic mass is 19.3. The number of rotatable bonds is 5. The molecule has 38 heavy (non-hydrogen) atoms. The van der Waals surface area contributed by atoms with Crippen LogP contribution in [0.15, 0.2) is 24.4 Å². The van der Waals surface area contributed by atoms with E-state index in [4.69, 9.17) is 5.73 Å². The van der Waals surface area contributed by atoms with Gasteiger partial charge in [0.05, 0.1) is 18.8 Å². The highest BCUT2D eigenvalue weighted by molar-refractivity contribution is 5.89. The molecule has 0 atom stereocenters. The zero-order chi connectivity index (χ0) is 27.7. The van der Waals surface area contributed by atoms with Gasteiger partial charge in [-0.05, 0) is 24.6 Å². The number of pyridine rings is 1. The zero-order valence-corrected chi connectivity index (χ0v) is 20.1. The number of hydrogen-bond acceptors (Lipinski definition) is 11. The molecule has 0 spiro atoms. The number of aromatic nitrogens is 7. The predicted octanol–water partition coefficient (Wildman–Crippen LogP) is 0.352. The van der Waals surface area contributed by atoms with Crippen molar-refractivity contribution in [1.82, 2.24) is 39.5 Å². The maximum atomic E-state index is 12.7. The van der Waals surface area contributed by atoms with Gasteiger partial charge in [0.1, 0.15) is 17.7 Å². The Balaban J connectivity index is 0.000000257. The van der Waals surface area contributed by atoms with Crippen molar-refractivity contribution in [3.8, 4) is 11.3 Å². The molecule has 4 aromatic heterocycles. The van der Waals surface area contributed by atoms with Crippen molar-refractivity contribution < 1.29 is 33.3 Å². The fourth-order valence-corrected chi connectivity index (χ4v) is 3.96. The summed E-state index contributed by atoms with van der Waals surface area (Å²) >= 11 is 0. The number of likely N-dealkylation sites (tertiary alicyclic amines) is 1. The third-order valence-corrected chi connectivity index (χ3v) is 5.58. The van der Waals surface area contributed by atoms with E-state index in [9.17, 15) is 33.3 Å². The molecule has 1 aliphatic rings. The molecule has 0 bridgehead atoms. The van der Waals surface area contributed by atoms with Gasteiger partial charge in [0.25, 0.3) is 5.92 Å². The predicted molar refractivity (Wildman–Crippen MR) is 127 cm³/mol. The van der Waals surface area contributed by atoms with Crippen LogP contribution in [0.3, 0.4) is 0 Å². The number of nitrogens with two attached hydrogens (primary N) is 1. The van der Waals surface area contributed by atoms with Crippen LogP contribution in [0.4, 0.5) is 24.9 Å². The van der Waals surface area contributed by atoms with E-state index < -0.39 is 25.2 Å². The highest BCUT2D eigenvalue weighted by Crippen LogP contribution is 2.30. The van der Waals surface area contributed by atoms with Crippen LogP contribution in [-0.2, 0) is 11.3 Å². The first-order valence-electron chi connectivity index (χ1n) is 11.4. The van der Waals surface area contributed by atoms with Crippen molar-refractivity contribution in [2.24, 2.45) is 0 Å². The number of nitrogens with one attached hydrogen (secondary N) is 1. The van der Waals surface area contributed by atoms with E-state index in [2.05, 4.69) is 25.4 Å². The second-order valence-corrected chi connectivity index (χ2v) is 8.54. The lowest BCUT2D eigenvalue weighted by Gasteiger charge is -2.31. The second-order valence-electron chi connectivity index (χ2n) is 8.54. The van der Waals surface area contributed by atoms with Gasteiger partial charge in [-0.2, -0.15) is 4.98 Å². The Labute approximate surface area is 212 Å². The van der Waals surface area contributed by atoms with E-state index in [1.54, 1.807) is 24.4 Å². The van der Waals surface area contributed by atoms with Crippen LogP contribution in [0.2, 0.25) is 0 Å². The van der Waals surface area contributed by atoms with Gasteiger partial charge >= 0.3 is 6.10 Å². The Morgan fingerprint density at radius 3 is 2.63 bits per heavy atom. The minimum atomic E-state index is -3.22. The van der Waals surface area contributed by atoms with Crippen LogP contribution < -0.4 is 11.1 Å². The standard InChI is InChI=1S/C14H14FN9O3.C7H11F2NO/c15-4-6-24-12-9(20-22-24)2-1-8(17-12)7-3-5-23-10(7)11(18-13(16)21-23)19-14(25,26)27;1-6(11)10-4-2-3-7(8,9)5-10/h1-3,5,25-27H,4,6H2,(H3,16,18,19,21);2-5H2,1H3. The van der Waals surface area contributed by atoms with E-state index in [0.29, 0.717) is 35.4 Å². The van der Waals surface area contributed by atoms with Gasteiger partial charge in [0.15, 0.2) is 11.5 Å². The second kappa shape index (κ2) is 10.3. The van der Waals surface area contributed by atoms with Crippen molar-refractivity contribution in [1.29, 1.82) is 0 Å². The van der Waals surface area contributed by atoms with Gasteiger partial charge in [-0.1, -0.05) is 5.21 Å². The normalized spacial score (nSPS) is 15.4. The van der Waals surface area contributed by atoms with Gasteiger partial charge in [0, 0.05) is 31.6 Å². The fourth-order valence-electron chi connectivity index (χ4n) is 3.96. The number of aryl methyl sites for hydroxylation is 1. The van der Waals surface area contributed by atoms with Gasteiger partial charge in [-0.15, -0.1) is 10.2 Å². The Morgan fingerprint density at radius 2 is 2.00 bits per heavy atom. The SMILES string of the molecule is CC(=O)N1CCCC(F)(F)C1.Nc1nc(NC(O)(O)O)c2c(-c3ccc4nnn(CCF)c4n3)ccn2n1. The molecular formula is C21H25F3N10O4. The lowest BCUT2D eigenvalue weighted by molar-refractivity contribution is -0.289. The molecule has 5 heterocycles. The smallest absolute Gasteiger partial charge is 0.366 e. The first-order valence-corrected chi connectivity index (χ1v) is 11.4. The number of anilines is 2. The molecule has 0 aliphatic carbocycles. The molecule has 0 aromatic carbocycles. The minimum Gasteiger partial charge on any atom is -0.366 e. The molecule has 0 radical (unpaired) electrons. The number of carbonyl (C=O) groups excluding carboxylic acids is 1. The molecule has 0 saturated carbocycles. The van der Waals surface area contributed by atoms with E-state index in [0.717, 1.165) is 0 Å². The first kappa shape index (κ1) is 27.0. The lowest BCUT2D eigenvalue weighted by atomic mass is 10.1. The maximum absolute atomic E-state index is 12.7. The Hall–Kier alpha value is -4.09. The fraction of sp³-hybridized carbons (Fsp3) is 0.429. The van der Waals surface area contributed by atoms with Crippen molar-refractivity contribution in [2.75, 3.05) is 30.8 Å². The monoisotopic (exact) mass is 538 g/mol. The molecule has 0 unspecified atom stereocenters. The molecule has 5 rings (SSSR count).